The van der Waals surface area contributed by atoms with E-state index in [0.29, 0.717) is 13.0 Å². The third kappa shape index (κ3) is 3.42. The fourth-order valence-electron chi connectivity index (χ4n) is 1.38. The van der Waals surface area contributed by atoms with Crippen LogP contribution in [0.25, 0.3) is 0 Å². The van der Waals surface area contributed by atoms with Crippen LogP contribution in [0.1, 0.15) is 18.9 Å². The average molecular weight is 222 g/mol. The zero-order valence-electron chi connectivity index (χ0n) is 9.72. The Labute approximate surface area is 95.6 Å². The lowest BCUT2D eigenvalue weighted by molar-refractivity contribution is 0.317. The summed E-state index contributed by atoms with van der Waals surface area (Å²) in [6.45, 7) is 5.59. The van der Waals surface area contributed by atoms with Gasteiger partial charge in [-0.05, 0) is 25.5 Å². The highest BCUT2D eigenvalue weighted by molar-refractivity contribution is 5.80. The van der Waals surface area contributed by atoms with Gasteiger partial charge in [-0.15, -0.1) is 0 Å². The van der Waals surface area contributed by atoms with Crippen LogP contribution in [-0.2, 0) is 0 Å². The van der Waals surface area contributed by atoms with Gasteiger partial charge in [0.2, 0.25) is 0 Å². The largest absolute Gasteiger partial charge is 0.409 e. The molecule has 0 spiro atoms. The van der Waals surface area contributed by atoms with Crippen molar-refractivity contribution < 1.29 is 5.21 Å². The minimum Gasteiger partial charge on any atom is -0.409 e. The van der Waals surface area contributed by atoms with Crippen molar-refractivity contribution in [1.29, 1.82) is 0 Å². The summed E-state index contributed by atoms with van der Waals surface area (Å²) in [5.74, 6) is 1.16. The first kappa shape index (κ1) is 12.3. The van der Waals surface area contributed by atoms with Gasteiger partial charge in [0.1, 0.15) is 11.7 Å². The summed E-state index contributed by atoms with van der Waals surface area (Å²) in [5, 5.41) is 11.4. The van der Waals surface area contributed by atoms with E-state index in [1.807, 2.05) is 32.2 Å². The predicted octanol–water partition coefficient (Wildman–Crippen LogP) is 1.35. The van der Waals surface area contributed by atoms with E-state index in [-0.39, 0.29) is 5.84 Å². The Morgan fingerprint density at radius 3 is 2.81 bits per heavy atom. The van der Waals surface area contributed by atoms with Gasteiger partial charge in [-0.3, -0.25) is 0 Å². The van der Waals surface area contributed by atoms with E-state index in [0.717, 1.165) is 17.9 Å². The van der Waals surface area contributed by atoms with Crippen LogP contribution in [0.3, 0.4) is 0 Å². The predicted molar refractivity (Wildman–Crippen MR) is 64.9 cm³/mol. The Hall–Kier alpha value is -1.78. The van der Waals surface area contributed by atoms with Crippen LogP contribution in [-0.4, -0.2) is 29.1 Å². The topological polar surface area (TPSA) is 74.7 Å². The van der Waals surface area contributed by atoms with E-state index in [2.05, 4.69) is 15.0 Å². The number of aryl methyl sites for hydroxylation is 1. The maximum atomic E-state index is 8.46. The first-order chi connectivity index (χ1) is 7.67. The average Bonchev–Trinajstić information content (AvgIpc) is 2.31. The molecular formula is C11H18N4O. The maximum Gasteiger partial charge on any atom is 0.140 e. The summed E-state index contributed by atoms with van der Waals surface area (Å²) in [4.78, 5) is 6.42. The third-order valence-electron chi connectivity index (χ3n) is 2.37. The maximum absolute atomic E-state index is 8.46. The van der Waals surface area contributed by atoms with Gasteiger partial charge in [-0.25, -0.2) is 4.98 Å². The standard InChI is InChI=1S/C11H18N4O/c1-3-15(7-6-10(12)14-16)11-5-4-9(2)8-13-11/h4-5,8,16H,3,6-7H2,1-2H3,(H2,12,14). The molecule has 0 aliphatic rings. The molecule has 0 saturated carbocycles. The SMILES string of the molecule is CCN(CCC(N)=NO)c1ccc(C)cn1. The number of anilines is 1. The van der Waals surface area contributed by atoms with Crippen LogP contribution in [0, 0.1) is 6.92 Å². The molecule has 0 bridgehead atoms. The van der Waals surface area contributed by atoms with Gasteiger partial charge in [0, 0.05) is 25.7 Å². The molecule has 1 aromatic rings. The van der Waals surface area contributed by atoms with Crippen LogP contribution in [0.15, 0.2) is 23.5 Å². The Bertz CT molecular complexity index is 348. The second kappa shape index (κ2) is 5.95. The molecule has 0 saturated heterocycles. The zero-order valence-corrected chi connectivity index (χ0v) is 9.72. The van der Waals surface area contributed by atoms with Crippen molar-refractivity contribution in [3.05, 3.63) is 23.9 Å². The Morgan fingerprint density at radius 2 is 2.31 bits per heavy atom. The number of amidine groups is 1. The molecule has 0 fully saturated rings. The molecule has 0 unspecified atom stereocenters. The van der Waals surface area contributed by atoms with Crippen LogP contribution >= 0.6 is 0 Å². The number of hydrogen-bond acceptors (Lipinski definition) is 4. The molecule has 0 aliphatic heterocycles. The lowest BCUT2D eigenvalue weighted by Crippen LogP contribution is -2.28. The van der Waals surface area contributed by atoms with E-state index in [1.165, 1.54) is 0 Å². The van der Waals surface area contributed by atoms with Crippen LogP contribution in [0.4, 0.5) is 5.82 Å². The third-order valence-corrected chi connectivity index (χ3v) is 2.37. The number of nitrogens with two attached hydrogens (primary N) is 1. The number of pyridine rings is 1. The van der Waals surface area contributed by atoms with Gasteiger partial charge in [-0.2, -0.15) is 0 Å². The monoisotopic (exact) mass is 222 g/mol. The van der Waals surface area contributed by atoms with Crippen molar-refractivity contribution in [2.24, 2.45) is 10.9 Å². The molecule has 1 aromatic heterocycles. The fraction of sp³-hybridized carbons (Fsp3) is 0.455. The quantitative estimate of drug-likeness (QED) is 0.341. The molecule has 5 nitrogen and oxygen atoms in total. The van der Waals surface area contributed by atoms with E-state index < -0.39 is 0 Å². The van der Waals surface area contributed by atoms with Crippen molar-refractivity contribution in [3.63, 3.8) is 0 Å². The molecule has 3 N–H and O–H groups in total. The summed E-state index contributed by atoms with van der Waals surface area (Å²) in [6, 6.07) is 4.00. The van der Waals surface area contributed by atoms with Crippen LogP contribution in [0.5, 0.6) is 0 Å². The Morgan fingerprint density at radius 1 is 1.56 bits per heavy atom. The van der Waals surface area contributed by atoms with E-state index >= 15 is 0 Å². The first-order valence-corrected chi connectivity index (χ1v) is 5.31. The molecule has 0 atom stereocenters. The highest BCUT2D eigenvalue weighted by atomic mass is 16.4. The van der Waals surface area contributed by atoms with Gasteiger partial charge in [-0.1, -0.05) is 11.2 Å². The van der Waals surface area contributed by atoms with E-state index in [1.54, 1.807) is 0 Å². The minimum absolute atomic E-state index is 0.241. The summed E-state index contributed by atoms with van der Waals surface area (Å²) in [5.41, 5.74) is 6.57. The highest BCUT2D eigenvalue weighted by Crippen LogP contribution is 2.10. The Balaban J connectivity index is 2.64. The van der Waals surface area contributed by atoms with Crippen LogP contribution < -0.4 is 10.6 Å². The van der Waals surface area contributed by atoms with Crippen LogP contribution in [0.2, 0.25) is 0 Å². The molecule has 1 heterocycles. The molecule has 5 heteroatoms. The van der Waals surface area contributed by atoms with Crippen molar-refractivity contribution in [3.8, 4) is 0 Å². The lowest BCUT2D eigenvalue weighted by atomic mass is 10.3. The van der Waals surface area contributed by atoms with Gasteiger partial charge >= 0.3 is 0 Å². The highest BCUT2D eigenvalue weighted by Gasteiger charge is 2.06. The van der Waals surface area contributed by atoms with Gasteiger partial charge in [0.05, 0.1) is 0 Å². The molecule has 16 heavy (non-hydrogen) atoms. The number of aromatic nitrogens is 1. The number of hydrogen-bond donors (Lipinski definition) is 2. The molecule has 0 amide bonds. The summed E-state index contributed by atoms with van der Waals surface area (Å²) < 4.78 is 0. The van der Waals surface area contributed by atoms with Crippen molar-refractivity contribution in [2.45, 2.75) is 20.3 Å². The zero-order chi connectivity index (χ0) is 12.0. The second-order valence-corrected chi connectivity index (χ2v) is 3.61. The second-order valence-electron chi connectivity index (χ2n) is 3.61. The van der Waals surface area contributed by atoms with E-state index in [4.69, 9.17) is 10.9 Å². The molecule has 1 rings (SSSR count). The van der Waals surface area contributed by atoms with Gasteiger partial charge in [0.25, 0.3) is 0 Å². The molecule has 88 valence electrons. The van der Waals surface area contributed by atoms with Gasteiger partial charge < -0.3 is 15.8 Å². The summed E-state index contributed by atoms with van der Waals surface area (Å²) in [6.07, 6.45) is 2.36. The van der Waals surface area contributed by atoms with E-state index in [9.17, 15) is 0 Å². The number of rotatable bonds is 5. The summed E-state index contributed by atoms with van der Waals surface area (Å²) in [7, 11) is 0. The van der Waals surface area contributed by atoms with Crippen molar-refractivity contribution >= 4 is 11.7 Å². The number of oxime groups is 1. The molecule has 0 radical (unpaired) electrons. The normalized spacial score (nSPS) is 11.5. The van der Waals surface area contributed by atoms with Crippen molar-refractivity contribution in [2.75, 3.05) is 18.0 Å². The molecule has 0 aromatic carbocycles. The molecule has 0 aliphatic carbocycles. The Kier molecular flexibility index (Phi) is 4.57. The summed E-state index contributed by atoms with van der Waals surface area (Å²) >= 11 is 0. The van der Waals surface area contributed by atoms with Gasteiger partial charge in [0.15, 0.2) is 0 Å². The fourth-order valence-corrected chi connectivity index (χ4v) is 1.38. The number of nitrogens with zero attached hydrogens (tertiary/aromatic N) is 3. The van der Waals surface area contributed by atoms with Crippen molar-refractivity contribution in [1.82, 2.24) is 4.98 Å². The lowest BCUT2D eigenvalue weighted by Gasteiger charge is -2.21. The minimum atomic E-state index is 0.241. The first-order valence-electron chi connectivity index (χ1n) is 5.31. The smallest absolute Gasteiger partial charge is 0.140 e. The molecular weight excluding hydrogens is 204 g/mol.